The van der Waals surface area contributed by atoms with Gasteiger partial charge >= 0.3 is 0 Å². The second-order valence-electron chi connectivity index (χ2n) is 4.97. The molecule has 98 valence electrons. The van der Waals surface area contributed by atoms with Crippen molar-refractivity contribution in [1.29, 1.82) is 0 Å². The Morgan fingerprint density at radius 2 is 1.72 bits per heavy atom. The van der Waals surface area contributed by atoms with Crippen LogP contribution in [0.4, 0.5) is 0 Å². The van der Waals surface area contributed by atoms with E-state index in [-0.39, 0.29) is 5.60 Å². The lowest BCUT2D eigenvalue weighted by Gasteiger charge is -2.22. The standard InChI is InChI=1S/C16H22O2/c1-6-16(4,5)18-15-9-7-14(8-10-15)17-12-11-13(2)3/h6-11H,1,12H2,2-5H3. The molecule has 0 unspecified atom stereocenters. The van der Waals surface area contributed by atoms with E-state index in [0.29, 0.717) is 6.61 Å². The summed E-state index contributed by atoms with van der Waals surface area (Å²) in [6, 6.07) is 7.63. The minimum atomic E-state index is -0.357. The second kappa shape index (κ2) is 6.29. The molecule has 0 spiro atoms. The summed E-state index contributed by atoms with van der Waals surface area (Å²) in [5, 5.41) is 0. The van der Waals surface area contributed by atoms with Crippen LogP contribution in [0.2, 0.25) is 0 Å². The molecule has 0 atom stereocenters. The van der Waals surface area contributed by atoms with Gasteiger partial charge in [0.25, 0.3) is 0 Å². The van der Waals surface area contributed by atoms with Crippen molar-refractivity contribution in [2.24, 2.45) is 0 Å². The molecule has 0 aliphatic carbocycles. The van der Waals surface area contributed by atoms with Gasteiger partial charge in [-0.05, 0) is 64.1 Å². The number of ether oxygens (including phenoxy) is 2. The Labute approximate surface area is 110 Å². The molecule has 0 aliphatic rings. The number of allylic oxidation sites excluding steroid dienone is 1. The van der Waals surface area contributed by atoms with Gasteiger partial charge in [0.15, 0.2) is 0 Å². The Hall–Kier alpha value is -1.70. The summed E-state index contributed by atoms with van der Waals surface area (Å²) in [6.07, 6.45) is 3.83. The zero-order chi connectivity index (χ0) is 13.6. The van der Waals surface area contributed by atoms with Crippen molar-refractivity contribution in [2.75, 3.05) is 6.61 Å². The van der Waals surface area contributed by atoms with Crippen molar-refractivity contribution in [3.63, 3.8) is 0 Å². The smallest absolute Gasteiger partial charge is 0.121 e. The normalized spacial score (nSPS) is 10.7. The van der Waals surface area contributed by atoms with E-state index in [0.717, 1.165) is 11.5 Å². The zero-order valence-electron chi connectivity index (χ0n) is 11.7. The fourth-order valence-electron chi connectivity index (χ4n) is 1.25. The number of rotatable bonds is 6. The third kappa shape index (κ3) is 5.09. The molecule has 2 heteroatoms. The summed E-state index contributed by atoms with van der Waals surface area (Å²) < 4.78 is 11.3. The number of benzene rings is 1. The van der Waals surface area contributed by atoms with Crippen LogP contribution in [0.15, 0.2) is 48.6 Å². The van der Waals surface area contributed by atoms with Crippen molar-refractivity contribution in [1.82, 2.24) is 0 Å². The lowest BCUT2D eigenvalue weighted by Crippen LogP contribution is -2.24. The fraction of sp³-hybridized carbons (Fsp3) is 0.375. The molecule has 1 aromatic carbocycles. The van der Waals surface area contributed by atoms with Gasteiger partial charge in [0, 0.05) is 0 Å². The van der Waals surface area contributed by atoms with E-state index in [2.05, 4.69) is 20.4 Å². The first kappa shape index (κ1) is 14.4. The van der Waals surface area contributed by atoms with Gasteiger partial charge < -0.3 is 9.47 Å². The van der Waals surface area contributed by atoms with E-state index in [1.54, 1.807) is 6.08 Å². The van der Waals surface area contributed by atoms with Crippen molar-refractivity contribution in [3.8, 4) is 11.5 Å². The minimum absolute atomic E-state index is 0.357. The molecule has 1 rings (SSSR count). The van der Waals surface area contributed by atoms with Gasteiger partial charge in [-0.15, -0.1) is 0 Å². The van der Waals surface area contributed by atoms with E-state index < -0.39 is 0 Å². The van der Waals surface area contributed by atoms with Crippen molar-refractivity contribution < 1.29 is 9.47 Å². The molecule has 2 nitrogen and oxygen atoms in total. The lowest BCUT2D eigenvalue weighted by atomic mass is 10.1. The van der Waals surface area contributed by atoms with Gasteiger partial charge in [0.1, 0.15) is 23.7 Å². The van der Waals surface area contributed by atoms with E-state index in [9.17, 15) is 0 Å². The van der Waals surface area contributed by atoms with Crippen molar-refractivity contribution in [2.45, 2.75) is 33.3 Å². The van der Waals surface area contributed by atoms with E-state index >= 15 is 0 Å². The molecule has 0 saturated carbocycles. The van der Waals surface area contributed by atoms with Crippen LogP contribution in [-0.4, -0.2) is 12.2 Å². The summed E-state index contributed by atoms with van der Waals surface area (Å²) in [5.74, 6) is 1.66. The first-order valence-corrected chi connectivity index (χ1v) is 6.12. The maximum absolute atomic E-state index is 5.76. The van der Waals surface area contributed by atoms with E-state index in [1.165, 1.54) is 5.57 Å². The molecule has 0 N–H and O–H groups in total. The van der Waals surface area contributed by atoms with Gasteiger partial charge in [-0.2, -0.15) is 0 Å². The third-order valence-electron chi connectivity index (χ3n) is 2.44. The maximum atomic E-state index is 5.76. The highest BCUT2D eigenvalue weighted by Gasteiger charge is 2.14. The minimum Gasteiger partial charge on any atom is -0.490 e. The van der Waals surface area contributed by atoms with Crippen LogP contribution >= 0.6 is 0 Å². The summed E-state index contributed by atoms with van der Waals surface area (Å²) in [5.41, 5.74) is 0.896. The molecule has 18 heavy (non-hydrogen) atoms. The average Bonchev–Trinajstić information content (AvgIpc) is 2.31. The van der Waals surface area contributed by atoms with Crippen LogP contribution in [0.25, 0.3) is 0 Å². The van der Waals surface area contributed by atoms with Gasteiger partial charge in [-0.25, -0.2) is 0 Å². The van der Waals surface area contributed by atoms with Crippen LogP contribution in [0, 0.1) is 0 Å². The number of hydrogen-bond donors (Lipinski definition) is 0. The van der Waals surface area contributed by atoms with Crippen LogP contribution in [0.3, 0.4) is 0 Å². The summed E-state index contributed by atoms with van der Waals surface area (Å²) in [7, 11) is 0. The number of hydrogen-bond acceptors (Lipinski definition) is 2. The van der Waals surface area contributed by atoms with Crippen LogP contribution in [-0.2, 0) is 0 Å². The van der Waals surface area contributed by atoms with Crippen molar-refractivity contribution >= 4 is 0 Å². The monoisotopic (exact) mass is 246 g/mol. The lowest BCUT2D eigenvalue weighted by molar-refractivity contribution is 0.162. The molecule has 0 saturated heterocycles. The highest BCUT2D eigenvalue weighted by atomic mass is 16.5. The maximum Gasteiger partial charge on any atom is 0.121 e. The molecule has 0 aliphatic heterocycles. The van der Waals surface area contributed by atoms with Crippen molar-refractivity contribution in [3.05, 3.63) is 48.6 Å². The Bertz CT molecular complexity index is 409. The molecule has 0 amide bonds. The summed E-state index contributed by atoms with van der Waals surface area (Å²) >= 11 is 0. The van der Waals surface area contributed by atoms with Gasteiger partial charge in [0.05, 0.1) is 0 Å². The Morgan fingerprint density at radius 3 is 2.22 bits per heavy atom. The SMILES string of the molecule is C=CC(C)(C)Oc1ccc(OCC=C(C)C)cc1. The van der Waals surface area contributed by atoms with Gasteiger partial charge in [0.2, 0.25) is 0 Å². The van der Waals surface area contributed by atoms with E-state index in [1.807, 2.05) is 44.2 Å². The predicted octanol–water partition coefficient (Wildman–Crippen LogP) is 4.38. The molecular formula is C16H22O2. The van der Waals surface area contributed by atoms with Crippen LogP contribution in [0.5, 0.6) is 11.5 Å². The highest BCUT2D eigenvalue weighted by Crippen LogP contribution is 2.22. The van der Waals surface area contributed by atoms with Gasteiger partial charge in [-0.1, -0.05) is 12.2 Å². The summed E-state index contributed by atoms with van der Waals surface area (Å²) in [6.45, 7) is 12.4. The molecular weight excluding hydrogens is 224 g/mol. The second-order valence-corrected chi connectivity index (χ2v) is 4.97. The molecule has 0 aromatic heterocycles. The quantitative estimate of drug-likeness (QED) is 0.694. The topological polar surface area (TPSA) is 18.5 Å². The largest absolute Gasteiger partial charge is 0.490 e. The highest BCUT2D eigenvalue weighted by molar-refractivity contribution is 5.32. The third-order valence-corrected chi connectivity index (χ3v) is 2.44. The Morgan fingerprint density at radius 1 is 1.17 bits per heavy atom. The van der Waals surface area contributed by atoms with Gasteiger partial charge in [-0.3, -0.25) is 0 Å². The Balaban J connectivity index is 2.57. The molecule has 0 radical (unpaired) electrons. The Kier molecular flexibility index (Phi) is 5.02. The summed E-state index contributed by atoms with van der Waals surface area (Å²) in [4.78, 5) is 0. The first-order valence-electron chi connectivity index (χ1n) is 6.12. The van der Waals surface area contributed by atoms with E-state index in [4.69, 9.17) is 9.47 Å². The van der Waals surface area contributed by atoms with Crippen LogP contribution in [0.1, 0.15) is 27.7 Å². The molecule has 0 bridgehead atoms. The zero-order valence-corrected chi connectivity index (χ0v) is 11.7. The molecule has 0 fully saturated rings. The predicted molar refractivity (Wildman–Crippen MR) is 76.3 cm³/mol. The average molecular weight is 246 g/mol. The first-order chi connectivity index (χ1) is 8.43. The van der Waals surface area contributed by atoms with Crippen LogP contribution < -0.4 is 9.47 Å². The fourth-order valence-corrected chi connectivity index (χ4v) is 1.25. The molecule has 1 aromatic rings. The molecule has 0 heterocycles.